The molecule has 0 bridgehead atoms. The Morgan fingerprint density at radius 1 is 0.974 bits per heavy atom. The second kappa shape index (κ2) is 15.0. The molecule has 2 aromatic rings. The summed E-state index contributed by atoms with van der Waals surface area (Å²) in [7, 11) is -4.73. The first-order valence-electron chi connectivity index (χ1n) is 13.2. The van der Waals surface area contributed by atoms with Crippen molar-refractivity contribution in [2.24, 2.45) is 11.8 Å². The number of urea groups is 1. The second-order valence-corrected chi connectivity index (χ2v) is 11.7. The fourth-order valence-electron chi connectivity index (χ4n) is 4.18. The molecule has 1 unspecified atom stereocenters. The van der Waals surface area contributed by atoms with Gasteiger partial charge in [0, 0.05) is 18.8 Å². The molecule has 216 valence electrons. The molecular weight excluding hydrogens is 521 g/mol. The molecule has 0 aliphatic rings. The predicted octanol–water partition coefficient (Wildman–Crippen LogP) is 6.25. The number of carbonyl (C=O) groups is 2. The van der Waals surface area contributed by atoms with E-state index in [4.69, 9.17) is 14.5 Å². The Balaban J connectivity index is 2.33. The molecule has 0 radical (unpaired) electrons. The van der Waals surface area contributed by atoms with Gasteiger partial charge in [0.25, 0.3) is 0 Å². The molecule has 10 nitrogen and oxygen atoms in total. The van der Waals surface area contributed by atoms with E-state index in [1.54, 1.807) is 0 Å². The predicted molar refractivity (Wildman–Crippen MR) is 154 cm³/mol. The maximum absolute atomic E-state index is 13.0. The number of hydrogen-bond donors (Lipinski definition) is 4. The van der Waals surface area contributed by atoms with Gasteiger partial charge in [-0.05, 0) is 60.9 Å². The Labute approximate surface area is 231 Å². The summed E-state index contributed by atoms with van der Waals surface area (Å²) in [6, 6.07) is 12.9. The molecule has 0 aromatic heterocycles. The van der Waals surface area contributed by atoms with Crippen molar-refractivity contribution in [3.8, 4) is 0 Å². The monoisotopic (exact) mass is 563 g/mol. The third-order valence-corrected chi connectivity index (χ3v) is 6.35. The van der Waals surface area contributed by atoms with Crippen LogP contribution < -0.4 is 15.5 Å². The lowest BCUT2D eigenvalue weighted by molar-refractivity contribution is -0.151. The number of hydrogen-bond acceptors (Lipinski definition) is 6. The molecule has 2 amide bonds. The summed E-state index contributed by atoms with van der Waals surface area (Å²) < 4.78 is 19.9. The van der Waals surface area contributed by atoms with E-state index in [-0.39, 0.29) is 18.4 Å². The van der Waals surface area contributed by atoms with Crippen molar-refractivity contribution in [1.82, 2.24) is 0 Å². The number of nitrogens with one attached hydrogen (secondary N) is 2. The van der Waals surface area contributed by atoms with E-state index < -0.39 is 20.6 Å². The summed E-state index contributed by atoms with van der Waals surface area (Å²) in [6.45, 7) is 13.3. The van der Waals surface area contributed by atoms with Crippen LogP contribution in [0, 0.1) is 18.8 Å². The van der Waals surface area contributed by atoms with Crippen molar-refractivity contribution >= 4 is 36.9 Å². The first kappa shape index (κ1) is 32.3. The standard InChI is InChI=1S/C28H42N3O7P/c1-7-22(15-27(32)37-18-38-39(34,35)36)23-10-13-26(31(16-19(2)3)17-20(4)5)25(14-23)30-28(33)29-24-11-8-21(6)9-12-24/h8-14,19-20,22H,7,15-18H2,1-6H3,(H2,29,30,33)(H2,34,35,36). The van der Waals surface area contributed by atoms with Crippen LogP contribution in [0.1, 0.15) is 64.5 Å². The zero-order chi connectivity index (χ0) is 29.2. The number of nitrogens with zero attached hydrogens (tertiary/aromatic N) is 1. The topological polar surface area (TPSA) is 137 Å². The molecule has 0 aliphatic carbocycles. The highest BCUT2D eigenvalue weighted by Crippen LogP contribution is 2.36. The maximum atomic E-state index is 13.0. The molecule has 0 fully saturated rings. The van der Waals surface area contributed by atoms with E-state index >= 15 is 0 Å². The van der Waals surface area contributed by atoms with Gasteiger partial charge in [-0.25, -0.2) is 13.9 Å². The molecule has 39 heavy (non-hydrogen) atoms. The number of ether oxygens (including phenoxy) is 1. The van der Waals surface area contributed by atoms with Gasteiger partial charge in [-0.2, -0.15) is 0 Å². The number of esters is 1. The van der Waals surface area contributed by atoms with Gasteiger partial charge in [-0.1, -0.05) is 58.4 Å². The van der Waals surface area contributed by atoms with Crippen molar-refractivity contribution in [2.45, 2.75) is 60.3 Å². The van der Waals surface area contributed by atoms with Crippen LogP contribution in [0.5, 0.6) is 0 Å². The van der Waals surface area contributed by atoms with Crippen molar-refractivity contribution in [1.29, 1.82) is 0 Å². The summed E-state index contributed by atoms with van der Waals surface area (Å²) in [4.78, 5) is 45.2. The average molecular weight is 564 g/mol. The third-order valence-electron chi connectivity index (χ3n) is 5.91. The van der Waals surface area contributed by atoms with E-state index in [9.17, 15) is 14.2 Å². The molecule has 0 saturated heterocycles. The number of carbonyl (C=O) groups excluding carboxylic acids is 2. The second-order valence-electron chi connectivity index (χ2n) is 10.5. The summed E-state index contributed by atoms with van der Waals surface area (Å²) in [6.07, 6.45) is 0.585. The highest BCUT2D eigenvalue weighted by molar-refractivity contribution is 7.46. The minimum atomic E-state index is -4.73. The lowest BCUT2D eigenvalue weighted by Gasteiger charge is -2.31. The van der Waals surface area contributed by atoms with Gasteiger partial charge in [0.15, 0.2) is 0 Å². The fraction of sp³-hybridized carbons (Fsp3) is 0.500. The van der Waals surface area contributed by atoms with Gasteiger partial charge in [-0.15, -0.1) is 0 Å². The smallest absolute Gasteiger partial charge is 0.438 e. The Hall–Kier alpha value is -2.91. The van der Waals surface area contributed by atoms with Crippen LogP contribution in [0.15, 0.2) is 42.5 Å². The summed E-state index contributed by atoms with van der Waals surface area (Å²) >= 11 is 0. The zero-order valence-electron chi connectivity index (χ0n) is 23.6. The van der Waals surface area contributed by atoms with Gasteiger partial charge in [-0.3, -0.25) is 4.79 Å². The summed E-state index contributed by atoms with van der Waals surface area (Å²) in [5.74, 6) is -0.101. The van der Waals surface area contributed by atoms with Crippen LogP contribution in [-0.4, -0.2) is 41.7 Å². The van der Waals surface area contributed by atoms with Gasteiger partial charge in [0.05, 0.1) is 17.8 Å². The minimum Gasteiger partial charge on any atom is -0.438 e. The molecule has 0 spiro atoms. The molecule has 11 heteroatoms. The highest BCUT2D eigenvalue weighted by Gasteiger charge is 2.22. The average Bonchev–Trinajstić information content (AvgIpc) is 2.82. The fourth-order valence-corrected chi connectivity index (χ4v) is 4.37. The largest absolute Gasteiger partial charge is 0.472 e. The maximum Gasteiger partial charge on any atom is 0.472 e. The number of amides is 2. The summed E-state index contributed by atoms with van der Waals surface area (Å²) in [5, 5.41) is 5.88. The number of anilines is 3. The van der Waals surface area contributed by atoms with Gasteiger partial charge >= 0.3 is 19.8 Å². The quantitative estimate of drug-likeness (QED) is 0.120. The van der Waals surface area contributed by atoms with E-state index in [1.807, 2.05) is 56.3 Å². The first-order valence-corrected chi connectivity index (χ1v) is 14.7. The molecular formula is C28H42N3O7P. The van der Waals surface area contributed by atoms with Crippen molar-refractivity contribution in [3.63, 3.8) is 0 Å². The number of phosphoric acid groups is 1. The molecule has 0 saturated carbocycles. The molecule has 2 aromatic carbocycles. The Bertz CT molecular complexity index is 1120. The third kappa shape index (κ3) is 11.8. The lowest BCUT2D eigenvalue weighted by Crippen LogP contribution is -2.32. The van der Waals surface area contributed by atoms with Crippen LogP contribution in [0.2, 0.25) is 0 Å². The van der Waals surface area contributed by atoms with Crippen LogP contribution in [0.25, 0.3) is 0 Å². The van der Waals surface area contributed by atoms with Gasteiger partial charge in [0.2, 0.25) is 6.79 Å². The van der Waals surface area contributed by atoms with E-state index in [2.05, 4.69) is 47.8 Å². The molecule has 4 N–H and O–H groups in total. The number of phosphoric ester groups is 1. The highest BCUT2D eigenvalue weighted by atomic mass is 31.2. The zero-order valence-corrected chi connectivity index (χ0v) is 24.5. The van der Waals surface area contributed by atoms with E-state index in [0.717, 1.165) is 29.9 Å². The van der Waals surface area contributed by atoms with Gasteiger partial charge in [0.1, 0.15) is 0 Å². The van der Waals surface area contributed by atoms with Crippen molar-refractivity contribution in [2.75, 3.05) is 35.4 Å². The Kier molecular flexibility index (Phi) is 12.4. The Morgan fingerprint density at radius 2 is 1.59 bits per heavy atom. The van der Waals surface area contributed by atoms with Gasteiger partial charge < -0.3 is 30.1 Å². The van der Waals surface area contributed by atoms with E-state index in [0.29, 0.717) is 29.6 Å². The van der Waals surface area contributed by atoms with Crippen LogP contribution >= 0.6 is 7.82 Å². The van der Waals surface area contributed by atoms with Crippen molar-refractivity contribution in [3.05, 3.63) is 53.6 Å². The van der Waals surface area contributed by atoms with E-state index in [1.165, 1.54) is 0 Å². The SMILES string of the molecule is CCC(CC(=O)OCOP(=O)(O)O)c1ccc(N(CC(C)C)CC(C)C)c(NC(=O)Nc2ccc(C)cc2)c1. The first-order chi connectivity index (χ1) is 18.3. The van der Waals surface area contributed by atoms with Crippen LogP contribution in [0.4, 0.5) is 21.9 Å². The Morgan fingerprint density at radius 3 is 2.13 bits per heavy atom. The summed E-state index contributed by atoms with van der Waals surface area (Å²) in [5.41, 5.74) is 4.09. The lowest BCUT2D eigenvalue weighted by atomic mass is 9.92. The van der Waals surface area contributed by atoms with Crippen LogP contribution in [-0.2, 0) is 18.6 Å². The molecule has 2 rings (SSSR count). The molecule has 0 aliphatic heterocycles. The number of aryl methyl sites for hydroxylation is 1. The molecule has 1 atom stereocenters. The minimum absolute atomic E-state index is 0.0168. The van der Waals surface area contributed by atoms with Crippen LogP contribution in [0.3, 0.4) is 0 Å². The number of rotatable bonds is 14. The normalized spacial score (nSPS) is 12.4. The number of benzene rings is 2. The molecule has 0 heterocycles. The van der Waals surface area contributed by atoms with Crippen molar-refractivity contribution < 1.29 is 33.2 Å².